The van der Waals surface area contributed by atoms with Crippen LogP contribution in [0.5, 0.6) is 0 Å². The molecule has 0 aliphatic carbocycles. The number of aromatic amines is 1. The minimum absolute atomic E-state index is 0.222. The zero-order chi connectivity index (χ0) is 10.7. The third-order valence-electron chi connectivity index (χ3n) is 1.62. The summed E-state index contributed by atoms with van der Waals surface area (Å²) in [5.74, 6) is 0.467. The Morgan fingerprint density at radius 3 is 2.93 bits per heavy atom. The SMILES string of the molecule is Cc1nc(NC(=O)c2cnccn2)n[nH]1. The first-order chi connectivity index (χ1) is 7.25. The Morgan fingerprint density at radius 1 is 1.47 bits per heavy atom. The van der Waals surface area contributed by atoms with Crippen LogP contribution >= 0.6 is 0 Å². The van der Waals surface area contributed by atoms with Gasteiger partial charge in [-0.15, -0.1) is 5.10 Å². The molecule has 0 atom stereocenters. The lowest BCUT2D eigenvalue weighted by Crippen LogP contribution is -2.14. The van der Waals surface area contributed by atoms with Crippen LogP contribution in [0, 0.1) is 6.92 Å². The van der Waals surface area contributed by atoms with Gasteiger partial charge >= 0.3 is 0 Å². The standard InChI is InChI=1S/C8H8N6O/c1-5-11-8(14-13-5)12-7(15)6-4-9-2-3-10-6/h2-4H,1H3,(H2,11,12,13,14,15). The molecule has 1 amide bonds. The number of aryl methyl sites for hydroxylation is 1. The predicted octanol–water partition coefficient (Wildman–Crippen LogP) is 0.155. The lowest BCUT2D eigenvalue weighted by atomic mass is 10.4. The maximum absolute atomic E-state index is 11.5. The van der Waals surface area contributed by atoms with E-state index in [9.17, 15) is 4.79 Å². The molecule has 0 aliphatic heterocycles. The third-order valence-corrected chi connectivity index (χ3v) is 1.62. The van der Waals surface area contributed by atoms with Crippen LogP contribution in [0.1, 0.15) is 16.3 Å². The summed E-state index contributed by atoms with van der Waals surface area (Å²) in [7, 11) is 0. The lowest BCUT2D eigenvalue weighted by Gasteiger charge is -1.97. The van der Waals surface area contributed by atoms with Gasteiger partial charge < -0.3 is 0 Å². The van der Waals surface area contributed by atoms with Crippen LogP contribution in [-0.2, 0) is 0 Å². The summed E-state index contributed by atoms with van der Waals surface area (Å²) in [6, 6.07) is 0. The Bertz CT molecular complexity index is 465. The Morgan fingerprint density at radius 2 is 2.33 bits per heavy atom. The van der Waals surface area contributed by atoms with Gasteiger partial charge in [-0.2, -0.15) is 4.98 Å². The van der Waals surface area contributed by atoms with Crippen molar-refractivity contribution in [2.75, 3.05) is 5.32 Å². The van der Waals surface area contributed by atoms with Crippen LogP contribution < -0.4 is 5.32 Å². The maximum atomic E-state index is 11.5. The number of carbonyl (C=O) groups is 1. The van der Waals surface area contributed by atoms with Gasteiger partial charge in [-0.05, 0) is 6.92 Å². The first kappa shape index (κ1) is 9.25. The fourth-order valence-corrected chi connectivity index (χ4v) is 0.981. The smallest absolute Gasteiger partial charge is 0.278 e. The largest absolute Gasteiger partial charge is 0.288 e. The molecule has 2 aromatic heterocycles. The molecule has 0 fully saturated rings. The van der Waals surface area contributed by atoms with Crippen LogP contribution in [0.2, 0.25) is 0 Å². The van der Waals surface area contributed by atoms with E-state index in [1.165, 1.54) is 18.6 Å². The highest BCUT2D eigenvalue weighted by Gasteiger charge is 2.09. The molecule has 15 heavy (non-hydrogen) atoms. The summed E-state index contributed by atoms with van der Waals surface area (Å²) in [5, 5.41) is 8.86. The number of carbonyl (C=O) groups excluding carboxylic acids is 1. The minimum Gasteiger partial charge on any atom is -0.288 e. The normalized spacial score (nSPS) is 9.93. The van der Waals surface area contributed by atoms with E-state index in [4.69, 9.17) is 0 Å². The molecule has 2 aromatic rings. The number of rotatable bonds is 2. The summed E-state index contributed by atoms with van der Waals surface area (Å²) in [6.45, 7) is 1.74. The van der Waals surface area contributed by atoms with Gasteiger partial charge in [0.25, 0.3) is 5.91 Å². The van der Waals surface area contributed by atoms with E-state index >= 15 is 0 Å². The number of anilines is 1. The molecule has 2 heterocycles. The van der Waals surface area contributed by atoms with Crippen LogP contribution in [0.15, 0.2) is 18.6 Å². The fourth-order valence-electron chi connectivity index (χ4n) is 0.981. The average Bonchev–Trinajstić information content (AvgIpc) is 2.65. The first-order valence-electron chi connectivity index (χ1n) is 4.22. The molecule has 0 radical (unpaired) electrons. The number of amides is 1. The van der Waals surface area contributed by atoms with E-state index in [2.05, 4.69) is 30.5 Å². The summed E-state index contributed by atoms with van der Waals surface area (Å²) in [4.78, 5) is 23.1. The Hall–Kier alpha value is -2.31. The number of hydrogen-bond acceptors (Lipinski definition) is 5. The van der Waals surface area contributed by atoms with Gasteiger partial charge in [0, 0.05) is 12.4 Å². The van der Waals surface area contributed by atoms with Crippen molar-refractivity contribution in [2.45, 2.75) is 6.92 Å². The van der Waals surface area contributed by atoms with Gasteiger partial charge in [-0.3, -0.25) is 20.2 Å². The van der Waals surface area contributed by atoms with Crippen molar-refractivity contribution in [2.24, 2.45) is 0 Å². The highest BCUT2D eigenvalue weighted by atomic mass is 16.2. The summed E-state index contributed by atoms with van der Waals surface area (Å²) < 4.78 is 0. The highest BCUT2D eigenvalue weighted by Crippen LogP contribution is 1.99. The van der Waals surface area contributed by atoms with E-state index in [0.717, 1.165) is 0 Å². The number of hydrogen-bond donors (Lipinski definition) is 2. The van der Waals surface area contributed by atoms with Crippen molar-refractivity contribution in [1.82, 2.24) is 25.1 Å². The van der Waals surface area contributed by atoms with Crippen molar-refractivity contribution in [3.05, 3.63) is 30.1 Å². The predicted molar refractivity (Wildman–Crippen MR) is 51.1 cm³/mol. The molecule has 0 saturated carbocycles. The van der Waals surface area contributed by atoms with Crippen molar-refractivity contribution < 1.29 is 4.79 Å². The van der Waals surface area contributed by atoms with Gasteiger partial charge in [0.15, 0.2) is 0 Å². The molecule has 0 aromatic carbocycles. The van der Waals surface area contributed by atoms with Crippen molar-refractivity contribution in [1.29, 1.82) is 0 Å². The zero-order valence-corrected chi connectivity index (χ0v) is 7.93. The molecule has 0 saturated heterocycles. The molecule has 2 rings (SSSR count). The zero-order valence-electron chi connectivity index (χ0n) is 7.93. The van der Waals surface area contributed by atoms with Gasteiger partial charge in [0.05, 0.1) is 6.20 Å². The van der Waals surface area contributed by atoms with E-state index in [1.54, 1.807) is 6.92 Å². The highest BCUT2D eigenvalue weighted by molar-refractivity contribution is 6.01. The Kier molecular flexibility index (Phi) is 2.36. The molecular formula is C8H8N6O. The van der Waals surface area contributed by atoms with Gasteiger partial charge in [0.2, 0.25) is 5.95 Å². The number of H-pyrrole nitrogens is 1. The van der Waals surface area contributed by atoms with Crippen molar-refractivity contribution in [3.63, 3.8) is 0 Å². The Balaban J connectivity index is 2.11. The van der Waals surface area contributed by atoms with E-state index in [1.807, 2.05) is 0 Å². The van der Waals surface area contributed by atoms with Gasteiger partial charge in [0.1, 0.15) is 11.5 Å². The van der Waals surface area contributed by atoms with Crippen LogP contribution in [0.4, 0.5) is 5.95 Å². The van der Waals surface area contributed by atoms with Crippen LogP contribution in [0.3, 0.4) is 0 Å². The minimum atomic E-state index is -0.387. The second-order valence-corrected chi connectivity index (χ2v) is 2.79. The van der Waals surface area contributed by atoms with Crippen molar-refractivity contribution >= 4 is 11.9 Å². The van der Waals surface area contributed by atoms with Crippen LogP contribution in [0.25, 0.3) is 0 Å². The molecule has 2 N–H and O–H groups in total. The number of nitrogens with zero attached hydrogens (tertiary/aromatic N) is 4. The topological polar surface area (TPSA) is 96.5 Å². The maximum Gasteiger partial charge on any atom is 0.278 e. The quantitative estimate of drug-likeness (QED) is 0.726. The van der Waals surface area contributed by atoms with Gasteiger partial charge in [-0.25, -0.2) is 4.98 Å². The molecule has 0 spiro atoms. The van der Waals surface area contributed by atoms with Crippen molar-refractivity contribution in [3.8, 4) is 0 Å². The second kappa shape index (κ2) is 3.82. The Labute approximate surface area is 85.0 Å². The van der Waals surface area contributed by atoms with Gasteiger partial charge in [-0.1, -0.05) is 0 Å². The molecule has 0 unspecified atom stereocenters. The summed E-state index contributed by atoms with van der Waals surface area (Å²) >= 11 is 0. The second-order valence-electron chi connectivity index (χ2n) is 2.79. The first-order valence-corrected chi connectivity index (χ1v) is 4.22. The number of aromatic nitrogens is 5. The van der Waals surface area contributed by atoms with E-state index in [-0.39, 0.29) is 17.5 Å². The monoisotopic (exact) mass is 204 g/mol. The third kappa shape index (κ3) is 2.13. The molecule has 0 aliphatic rings. The van der Waals surface area contributed by atoms with E-state index in [0.29, 0.717) is 5.82 Å². The average molecular weight is 204 g/mol. The fraction of sp³-hybridized carbons (Fsp3) is 0.125. The number of nitrogens with one attached hydrogen (secondary N) is 2. The van der Waals surface area contributed by atoms with E-state index < -0.39 is 0 Å². The molecule has 7 nitrogen and oxygen atoms in total. The molecule has 0 bridgehead atoms. The summed E-state index contributed by atoms with van der Waals surface area (Å²) in [5.41, 5.74) is 0.222. The molecular weight excluding hydrogens is 196 g/mol. The molecule has 76 valence electrons. The lowest BCUT2D eigenvalue weighted by molar-refractivity contribution is 0.102. The van der Waals surface area contributed by atoms with Crippen LogP contribution in [-0.4, -0.2) is 31.1 Å². The molecule has 7 heteroatoms. The summed E-state index contributed by atoms with van der Waals surface area (Å²) in [6.07, 6.45) is 4.31.